The summed E-state index contributed by atoms with van der Waals surface area (Å²) in [5.41, 5.74) is 0.785. The Morgan fingerprint density at radius 1 is 1.24 bits per heavy atom. The largest absolute Gasteiger partial charge is 0.467 e. The number of carbonyl (C=O) groups is 1. The minimum absolute atomic E-state index is 0.129. The third-order valence-corrected chi connectivity index (χ3v) is 7.32. The van der Waals surface area contributed by atoms with Crippen molar-refractivity contribution < 1.29 is 18.7 Å². The molecule has 0 atom stereocenters. The van der Waals surface area contributed by atoms with E-state index >= 15 is 0 Å². The topological polar surface area (TPSA) is 95.6 Å². The number of rotatable bonds is 8. The van der Waals surface area contributed by atoms with Crippen LogP contribution in [0.25, 0.3) is 10.2 Å². The fourth-order valence-electron chi connectivity index (χ4n) is 3.46. The zero-order valence-corrected chi connectivity index (χ0v) is 19.5. The highest BCUT2D eigenvalue weighted by molar-refractivity contribution is 7.99. The van der Waals surface area contributed by atoms with Crippen LogP contribution in [0.1, 0.15) is 23.1 Å². The molecule has 0 spiro atoms. The molecule has 1 aliphatic heterocycles. The maximum Gasteiger partial charge on any atom is 0.263 e. The Labute approximate surface area is 197 Å². The first-order valence-electron chi connectivity index (χ1n) is 10.4. The van der Waals surface area contributed by atoms with Gasteiger partial charge in [0.25, 0.3) is 5.56 Å². The maximum absolute atomic E-state index is 13.2. The van der Waals surface area contributed by atoms with E-state index in [1.54, 1.807) is 16.9 Å². The Hall–Kier alpha value is -3.24. The van der Waals surface area contributed by atoms with E-state index in [0.29, 0.717) is 39.2 Å². The average Bonchev–Trinajstić information content (AvgIpc) is 3.58. The van der Waals surface area contributed by atoms with Crippen LogP contribution >= 0.6 is 23.1 Å². The molecule has 10 heteroatoms. The Morgan fingerprint density at radius 2 is 2.12 bits per heavy atom. The molecule has 0 saturated heterocycles. The Balaban J connectivity index is 1.31. The number of nitrogens with one attached hydrogen (secondary N) is 1. The molecule has 1 aromatic carbocycles. The molecule has 170 valence electrons. The molecule has 8 nitrogen and oxygen atoms in total. The molecule has 0 saturated carbocycles. The molecular formula is C23H21N3O5S2. The molecule has 5 rings (SSSR count). The van der Waals surface area contributed by atoms with Gasteiger partial charge in [0, 0.05) is 11.4 Å². The summed E-state index contributed by atoms with van der Waals surface area (Å²) in [7, 11) is 0. The fourth-order valence-corrected chi connectivity index (χ4v) is 5.30. The zero-order valence-electron chi connectivity index (χ0n) is 17.8. The van der Waals surface area contributed by atoms with Gasteiger partial charge < -0.3 is 19.2 Å². The van der Waals surface area contributed by atoms with Crippen molar-refractivity contribution in [2.24, 2.45) is 0 Å². The monoisotopic (exact) mass is 483 g/mol. The fraction of sp³-hybridized carbons (Fsp3) is 0.261. The molecule has 0 fully saturated rings. The van der Waals surface area contributed by atoms with E-state index in [1.807, 2.05) is 37.3 Å². The van der Waals surface area contributed by atoms with Gasteiger partial charge in [-0.2, -0.15) is 0 Å². The minimum Gasteiger partial charge on any atom is -0.467 e. The summed E-state index contributed by atoms with van der Waals surface area (Å²) in [5, 5.41) is 3.99. The molecule has 4 heterocycles. The lowest BCUT2D eigenvalue weighted by molar-refractivity contribution is -0.118. The quantitative estimate of drug-likeness (QED) is 0.301. The smallest absolute Gasteiger partial charge is 0.263 e. The molecule has 1 aliphatic rings. The summed E-state index contributed by atoms with van der Waals surface area (Å²) in [6.45, 7) is 2.88. The molecule has 1 N–H and O–H groups in total. The number of hydrogen-bond acceptors (Lipinski definition) is 8. The Morgan fingerprint density at radius 3 is 2.94 bits per heavy atom. The van der Waals surface area contributed by atoms with Crippen molar-refractivity contribution in [3.05, 3.63) is 69.2 Å². The molecule has 0 bridgehead atoms. The number of benzene rings is 1. The van der Waals surface area contributed by atoms with Crippen molar-refractivity contribution in [1.29, 1.82) is 0 Å². The highest BCUT2D eigenvalue weighted by Crippen LogP contribution is 2.32. The highest BCUT2D eigenvalue weighted by atomic mass is 32.2. The van der Waals surface area contributed by atoms with Crippen molar-refractivity contribution in [1.82, 2.24) is 14.9 Å². The van der Waals surface area contributed by atoms with E-state index in [-0.39, 0.29) is 30.6 Å². The molecule has 4 aromatic rings. The maximum atomic E-state index is 13.2. The first-order chi connectivity index (χ1) is 16.1. The third-order valence-electron chi connectivity index (χ3n) is 5.17. The number of fused-ring (bicyclic) bond motifs is 2. The Kier molecular flexibility index (Phi) is 6.10. The van der Waals surface area contributed by atoms with Crippen LogP contribution in [0.2, 0.25) is 0 Å². The molecule has 33 heavy (non-hydrogen) atoms. The first kappa shape index (κ1) is 21.6. The van der Waals surface area contributed by atoms with Gasteiger partial charge in [0.15, 0.2) is 16.7 Å². The van der Waals surface area contributed by atoms with E-state index < -0.39 is 0 Å². The van der Waals surface area contributed by atoms with Gasteiger partial charge in [0.2, 0.25) is 12.7 Å². The minimum atomic E-state index is -0.156. The number of hydrogen-bond donors (Lipinski definition) is 1. The number of carbonyl (C=O) groups excluding carboxylic acids is 1. The lowest BCUT2D eigenvalue weighted by atomic mass is 10.2. The van der Waals surface area contributed by atoms with Gasteiger partial charge in [-0.3, -0.25) is 14.2 Å². The summed E-state index contributed by atoms with van der Waals surface area (Å²) in [4.78, 5) is 32.2. The van der Waals surface area contributed by atoms with Crippen molar-refractivity contribution >= 4 is 39.2 Å². The second-order valence-corrected chi connectivity index (χ2v) is 9.46. The normalized spacial score (nSPS) is 12.4. The number of thiophene rings is 1. The van der Waals surface area contributed by atoms with Crippen LogP contribution in [0.4, 0.5) is 0 Å². The van der Waals surface area contributed by atoms with Crippen LogP contribution in [0.5, 0.6) is 11.5 Å². The number of furan rings is 1. The lowest BCUT2D eigenvalue weighted by Crippen LogP contribution is -2.26. The lowest BCUT2D eigenvalue weighted by Gasteiger charge is -2.11. The molecule has 0 radical (unpaired) electrons. The summed E-state index contributed by atoms with van der Waals surface area (Å²) >= 11 is 2.75. The van der Waals surface area contributed by atoms with Crippen LogP contribution in [0, 0.1) is 0 Å². The molecular weight excluding hydrogens is 462 g/mol. The van der Waals surface area contributed by atoms with E-state index in [4.69, 9.17) is 18.9 Å². The van der Waals surface area contributed by atoms with E-state index in [9.17, 15) is 9.59 Å². The number of ether oxygens (including phenoxy) is 2. The second-order valence-electron chi connectivity index (χ2n) is 7.40. The van der Waals surface area contributed by atoms with Gasteiger partial charge in [-0.1, -0.05) is 24.8 Å². The van der Waals surface area contributed by atoms with E-state index in [1.165, 1.54) is 23.1 Å². The Bertz CT molecular complexity index is 1360. The van der Waals surface area contributed by atoms with Gasteiger partial charge >= 0.3 is 0 Å². The van der Waals surface area contributed by atoms with Gasteiger partial charge in [0.05, 0.1) is 23.9 Å². The van der Waals surface area contributed by atoms with Crippen molar-refractivity contribution in [2.45, 2.75) is 31.6 Å². The number of thioether (sulfide) groups is 1. The van der Waals surface area contributed by atoms with E-state index in [2.05, 4.69) is 5.32 Å². The molecule has 1 amide bonds. The standard InChI is InChI=1S/C23H21N3O5S2/c1-2-16-9-17-21(33-16)25-23(26(22(17)28)11-15-4-3-7-29-15)32-12-20(27)24-10-14-5-6-18-19(8-14)31-13-30-18/h3-9H,2,10-13H2,1H3,(H,24,27). The van der Waals surface area contributed by atoms with Gasteiger partial charge in [-0.15, -0.1) is 11.3 Å². The average molecular weight is 484 g/mol. The van der Waals surface area contributed by atoms with E-state index in [0.717, 1.165) is 16.9 Å². The van der Waals surface area contributed by atoms with Crippen LogP contribution in [0.3, 0.4) is 0 Å². The number of nitrogens with zero attached hydrogens (tertiary/aromatic N) is 2. The number of aryl methyl sites for hydroxylation is 1. The molecule has 3 aromatic heterocycles. The van der Waals surface area contributed by atoms with Crippen molar-refractivity contribution in [3.63, 3.8) is 0 Å². The van der Waals surface area contributed by atoms with Crippen LogP contribution < -0.4 is 20.3 Å². The summed E-state index contributed by atoms with van der Waals surface area (Å²) in [6, 6.07) is 11.1. The van der Waals surface area contributed by atoms with Crippen LogP contribution in [0.15, 0.2) is 57.0 Å². The van der Waals surface area contributed by atoms with Gasteiger partial charge in [-0.05, 0) is 42.3 Å². The predicted octanol–water partition coefficient (Wildman–Crippen LogP) is 3.80. The SMILES string of the molecule is CCc1cc2c(=O)n(Cc3ccco3)c(SCC(=O)NCc3ccc4c(c3)OCO4)nc2s1. The van der Waals surface area contributed by atoms with Gasteiger partial charge in [-0.25, -0.2) is 4.98 Å². The molecule has 0 aliphatic carbocycles. The summed E-state index contributed by atoms with van der Waals surface area (Å²) in [5.74, 6) is 2.01. The number of amides is 1. The van der Waals surface area contributed by atoms with Gasteiger partial charge in [0.1, 0.15) is 10.6 Å². The molecule has 0 unspecified atom stereocenters. The summed E-state index contributed by atoms with van der Waals surface area (Å²) in [6.07, 6.45) is 2.41. The first-order valence-corrected chi connectivity index (χ1v) is 12.2. The van der Waals surface area contributed by atoms with Crippen molar-refractivity contribution in [2.75, 3.05) is 12.5 Å². The van der Waals surface area contributed by atoms with Crippen LogP contribution in [-0.4, -0.2) is 28.0 Å². The highest BCUT2D eigenvalue weighted by Gasteiger charge is 2.17. The van der Waals surface area contributed by atoms with Crippen molar-refractivity contribution in [3.8, 4) is 11.5 Å². The predicted molar refractivity (Wildman–Crippen MR) is 126 cm³/mol. The summed E-state index contributed by atoms with van der Waals surface area (Å²) < 4.78 is 17.7. The van der Waals surface area contributed by atoms with Crippen LogP contribution in [-0.2, 0) is 24.3 Å². The zero-order chi connectivity index (χ0) is 22.8. The third kappa shape index (κ3) is 4.62. The number of aromatic nitrogens is 2. The second kappa shape index (κ2) is 9.32.